The maximum Gasteiger partial charge on any atom is 0.319 e. The van der Waals surface area contributed by atoms with Crippen LogP contribution in [0.15, 0.2) is 48.5 Å². The second-order valence-electron chi connectivity index (χ2n) is 7.56. The van der Waals surface area contributed by atoms with E-state index in [2.05, 4.69) is 31.4 Å². The number of anilines is 1. The van der Waals surface area contributed by atoms with Gasteiger partial charge >= 0.3 is 6.03 Å². The van der Waals surface area contributed by atoms with Gasteiger partial charge in [0, 0.05) is 16.9 Å². The minimum atomic E-state index is -0.530. The molecule has 0 atom stereocenters. The van der Waals surface area contributed by atoms with E-state index in [0.29, 0.717) is 11.4 Å². The Kier molecular flexibility index (Phi) is 5.67. The fourth-order valence-electron chi connectivity index (χ4n) is 2.76. The molecule has 0 fully saturated rings. The predicted molar refractivity (Wildman–Crippen MR) is 112 cm³/mol. The van der Waals surface area contributed by atoms with Gasteiger partial charge in [-0.2, -0.15) is 0 Å². The van der Waals surface area contributed by atoms with Crippen LogP contribution in [0.1, 0.15) is 41.6 Å². The molecule has 3 amide bonds. The number of hydrogen-bond donors (Lipinski definition) is 4. The molecule has 0 aliphatic carbocycles. The van der Waals surface area contributed by atoms with E-state index in [1.807, 2.05) is 42.5 Å². The van der Waals surface area contributed by atoms with Gasteiger partial charge in [0.25, 0.3) is 5.91 Å². The van der Waals surface area contributed by atoms with E-state index >= 15 is 0 Å². The highest BCUT2D eigenvalue weighted by Crippen LogP contribution is 2.27. The third-order valence-corrected chi connectivity index (χ3v) is 5.47. The fourth-order valence-corrected chi connectivity index (χ4v) is 3.78. The van der Waals surface area contributed by atoms with Crippen molar-refractivity contribution in [3.8, 4) is 0 Å². The second kappa shape index (κ2) is 8.00. The van der Waals surface area contributed by atoms with E-state index in [1.165, 1.54) is 16.9 Å². The van der Waals surface area contributed by atoms with Crippen molar-refractivity contribution in [2.75, 3.05) is 5.32 Å². The molecule has 0 spiro atoms. The Morgan fingerprint density at radius 1 is 1.04 bits per heavy atom. The summed E-state index contributed by atoms with van der Waals surface area (Å²) >= 11 is 1.28. The first-order valence-electron chi connectivity index (χ1n) is 8.88. The summed E-state index contributed by atoms with van der Waals surface area (Å²) in [6.07, 6.45) is 0. The molecule has 146 valence electrons. The lowest BCUT2D eigenvalue weighted by Gasteiger charge is -2.19. The van der Waals surface area contributed by atoms with Crippen LogP contribution in [-0.2, 0) is 12.0 Å². The molecule has 3 rings (SSSR count). The van der Waals surface area contributed by atoms with E-state index < -0.39 is 5.91 Å². The zero-order valence-corrected chi connectivity index (χ0v) is 16.8. The Morgan fingerprint density at radius 3 is 2.39 bits per heavy atom. The van der Waals surface area contributed by atoms with Gasteiger partial charge in [-0.15, -0.1) is 11.3 Å². The van der Waals surface area contributed by atoms with Crippen molar-refractivity contribution in [2.45, 2.75) is 32.7 Å². The first-order valence-corrected chi connectivity index (χ1v) is 9.70. The molecule has 6 nitrogen and oxygen atoms in total. The normalized spacial score (nSPS) is 11.3. The maximum absolute atomic E-state index is 12.2. The van der Waals surface area contributed by atoms with E-state index in [0.717, 1.165) is 21.3 Å². The third kappa shape index (κ3) is 4.68. The Bertz CT molecular complexity index is 1000. The van der Waals surface area contributed by atoms with Crippen LogP contribution < -0.4 is 16.1 Å². The van der Waals surface area contributed by atoms with Gasteiger partial charge in [-0.3, -0.25) is 10.0 Å². The van der Waals surface area contributed by atoms with Crippen LogP contribution in [0, 0.1) is 0 Å². The van der Waals surface area contributed by atoms with Crippen LogP contribution in [0.3, 0.4) is 0 Å². The molecule has 0 bridgehead atoms. The first-order chi connectivity index (χ1) is 13.3. The highest BCUT2D eigenvalue weighted by atomic mass is 32.1. The summed E-state index contributed by atoms with van der Waals surface area (Å²) in [6, 6.07) is 15.0. The third-order valence-electron chi connectivity index (χ3n) is 4.37. The maximum atomic E-state index is 12.2. The van der Waals surface area contributed by atoms with Crippen molar-refractivity contribution in [1.82, 2.24) is 10.8 Å². The van der Waals surface area contributed by atoms with Gasteiger partial charge < -0.3 is 10.6 Å². The Morgan fingerprint density at radius 2 is 1.75 bits per heavy atom. The quantitative estimate of drug-likeness (QED) is 0.382. The lowest BCUT2D eigenvalue weighted by atomic mass is 9.87. The highest BCUT2D eigenvalue weighted by Gasteiger charge is 2.13. The molecule has 0 unspecified atom stereocenters. The van der Waals surface area contributed by atoms with Crippen molar-refractivity contribution >= 4 is 39.0 Å². The molecule has 0 aliphatic heterocycles. The number of hydrogen-bond acceptors (Lipinski definition) is 4. The molecule has 0 radical (unpaired) electrons. The van der Waals surface area contributed by atoms with Crippen LogP contribution in [0.4, 0.5) is 10.5 Å². The summed E-state index contributed by atoms with van der Waals surface area (Å²) in [5.74, 6) is -0.530. The van der Waals surface area contributed by atoms with Crippen LogP contribution in [0.5, 0.6) is 0 Å². The molecule has 0 saturated carbocycles. The van der Waals surface area contributed by atoms with Crippen LogP contribution in [0.25, 0.3) is 10.1 Å². The fraction of sp³-hybridized carbons (Fsp3) is 0.238. The first kappa shape index (κ1) is 19.9. The number of hydroxylamine groups is 1. The molecule has 1 heterocycles. The topological polar surface area (TPSA) is 90.5 Å². The van der Waals surface area contributed by atoms with Crippen molar-refractivity contribution in [1.29, 1.82) is 0 Å². The van der Waals surface area contributed by atoms with E-state index in [4.69, 9.17) is 5.21 Å². The number of carbonyl (C=O) groups is 2. The second-order valence-corrected chi connectivity index (χ2v) is 8.64. The number of nitrogens with one attached hydrogen (secondary N) is 3. The number of amides is 3. The summed E-state index contributed by atoms with van der Waals surface area (Å²) in [7, 11) is 0. The molecule has 7 heteroatoms. The molecule has 0 saturated heterocycles. The summed E-state index contributed by atoms with van der Waals surface area (Å²) in [5.41, 5.74) is 4.57. The Hall–Kier alpha value is -2.90. The van der Waals surface area contributed by atoms with Gasteiger partial charge in [0.2, 0.25) is 0 Å². The van der Waals surface area contributed by atoms with Crippen LogP contribution in [0.2, 0.25) is 0 Å². The number of thiophene rings is 1. The monoisotopic (exact) mass is 397 g/mol. The van der Waals surface area contributed by atoms with E-state index in [9.17, 15) is 9.59 Å². The van der Waals surface area contributed by atoms with Gasteiger partial charge in [-0.1, -0.05) is 45.0 Å². The van der Waals surface area contributed by atoms with Crippen molar-refractivity contribution in [3.63, 3.8) is 0 Å². The number of urea groups is 1. The lowest BCUT2D eigenvalue weighted by molar-refractivity contribution is 0.0711. The summed E-state index contributed by atoms with van der Waals surface area (Å²) in [4.78, 5) is 24.1. The van der Waals surface area contributed by atoms with E-state index in [-0.39, 0.29) is 11.4 Å². The van der Waals surface area contributed by atoms with Crippen LogP contribution >= 0.6 is 11.3 Å². The van der Waals surface area contributed by atoms with Crippen molar-refractivity contribution in [3.05, 3.63) is 64.5 Å². The number of rotatable bonds is 4. The highest BCUT2D eigenvalue weighted by molar-refractivity contribution is 7.20. The average molecular weight is 398 g/mol. The van der Waals surface area contributed by atoms with Gasteiger partial charge in [0.15, 0.2) is 0 Å². The summed E-state index contributed by atoms with van der Waals surface area (Å²) in [6.45, 7) is 6.80. The van der Waals surface area contributed by atoms with E-state index in [1.54, 1.807) is 11.5 Å². The largest absolute Gasteiger partial charge is 0.334 e. The lowest BCUT2D eigenvalue weighted by Crippen LogP contribution is -2.28. The number of benzene rings is 2. The molecular weight excluding hydrogens is 374 g/mol. The minimum Gasteiger partial charge on any atom is -0.334 e. The molecule has 2 aromatic carbocycles. The molecular formula is C21H23N3O3S. The molecule has 1 aromatic heterocycles. The minimum absolute atomic E-state index is 0.0684. The van der Waals surface area contributed by atoms with Gasteiger partial charge in [0.05, 0.1) is 4.88 Å². The van der Waals surface area contributed by atoms with Crippen molar-refractivity contribution < 1.29 is 14.8 Å². The van der Waals surface area contributed by atoms with Gasteiger partial charge in [-0.25, -0.2) is 10.3 Å². The Balaban J connectivity index is 1.60. The smallest absolute Gasteiger partial charge is 0.319 e. The molecule has 28 heavy (non-hydrogen) atoms. The molecule has 4 N–H and O–H groups in total. The standard InChI is InChI=1S/C21H23N3O3S/c1-21(2,3)15-6-8-16(9-7-15)23-20(26)22-12-13-4-5-14-11-18(19(25)24-27)28-17(14)10-13/h4-11,27H,12H2,1-3H3,(H,24,25)(H2,22,23,26). The number of fused-ring (bicyclic) bond motifs is 1. The van der Waals surface area contributed by atoms with Gasteiger partial charge in [0.1, 0.15) is 0 Å². The van der Waals surface area contributed by atoms with Crippen LogP contribution in [-0.4, -0.2) is 17.1 Å². The zero-order valence-electron chi connectivity index (χ0n) is 16.0. The number of carbonyl (C=O) groups excluding carboxylic acids is 2. The van der Waals surface area contributed by atoms with Gasteiger partial charge in [-0.05, 0) is 46.2 Å². The average Bonchev–Trinajstić information content (AvgIpc) is 3.09. The predicted octanol–water partition coefficient (Wildman–Crippen LogP) is 4.64. The molecule has 0 aliphatic rings. The Labute approximate surface area is 167 Å². The summed E-state index contributed by atoms with van der Waals surface area (Å²) in [5, 5.41) is 15.3. The van der Waals surface area contributed by atoms with Crippen molar-refractivity contribution in [2.24, 2.45) is 0 Å². The summed E-state index contributed by atoms with van der Waals surface area (Å²) < 4.78 is 0.913. The molecule has 3 aromatic rings. The SMILES string of the molecule is CC(C)(C)c1ccc(NC(=O)NCc2ccc3cc(C(=O)NO)sc3c2)cc1. The zero-order chi connectivity index (χ0) is 20.3.